The topological polar surface area (TPSA) is 76.2 Å². The summed E-state index contributed by atoms with van der Waals surface area (Å²) in [7, 11) is 0. The first-order valence-electron chi connectivity index (χ1n) is 10.5. The standard InChI is InChI=1S/C26H30N2O2/c1-17(2)14-24-22(16-27)26(20-11-8-18(3)9-12-20)21-15-19(10-13-23(21)28-24)6-4-5-7-25(29)30/h4,6,8-13,15,17H,5,7,14,16,27H2,1-3H3,(H,29,30)/b6-4+. The average Bonchev–Trinajstić information content (AvgIpc) is 2.70. The number of aryl methyl sites for hydroxylation is 1. The van der Waals surface area contributed by atoms with Crippen molar-refractivity contribution in [3.05, 3.63) is 70.9 Å². The summed E-state index contributed by atoms with van der Waals surface area (Å²) in [5, 5.41) is 9.90. The molecule has 0 saturated heterocycles. The number of benzene rings is 2. The number of pyridine rings is 1. The Morgan fingerprint density at radius 2 is 1.90 bits per heavy atom. The summed E-state index contributed by atoms with van der Waals surface area (Å²) >= 11 is 0. The maximum Gasteiger partial charge on any atom is 0.303 e. The van der Waals surface area contributed by atoms with Gasteiger partial charge in [-0.1, -0.05) is 61.9 Å². The molecule has 3 N–H and O–H groups in total. The van der Waals surface area contributed by atoms with Gasteiger partial charge >= 0.3 is 5.97 Å². The van der Waals surface area contributed by atoms with Gasteiger partial charge in [-0.05, 0) is 60.1 Å². The second-order valence-electron chi connectivity index (χ2n) is 8.19. The van der Waals surface area contributed by atoms with Crippen LogP contribution in [-0.2, 0) is 17.8 Å². The summed E-state index contributed by atoms with van der Waals surface area (Å²) in [5.41, 5.74) is 13.9. The Labute approximate surface area is 178 Å². The Morgan fingerprint density at radius 3 is 2.53 bits per heavy atom. The van der Waals surface area contributed by atoms with Crippen LogP contribution in [-0.4, -0.2) is 16.1 Å². The number of rotatable bonds is 8. The van der Waals surface area contributed by atoms with Crippen molar-refractivity contribution in [3.8, 4) is 11.1 Å². The van der Waals surface area contributed by atoms with E-state index in [2.05, 4.69) is 51.1 Å². The zero-order valence-electron chi connectivity index (χ0n) is 18.0. The summed E-state index contributed by atoms with van der Waals surface area (Å²) in [6, 6.07) is 14.8. The molecule has 4 nitrogen and oxygen atoms in total. The van der Waals surface area contributed by atoms with E-state index in [4.69, 9.17) is 15.8 Å². The van der Waals surface area contributed by atoms with Gasteiger partial charge in [0.2, 0.25) is 0 Å². The van der Waals surface area contributed by atoms with Crippen LogP contribution < -0.4 is 5.73 Å². The zero-order chi connectivity index (χ0) is 21.7. The van der Waals surface area contributed by atoms with Crippen LogP contribution in [0.25, 0.3) is 28.1 Å². The van der Waals surface area contributed by atoms with Crippen LogP contribution in [0.15, 0.2) is 48.5 Å². The molecule has 156 valence electrons. The number of aromatic nitrogens is 1. The Balaban J connectivity index is 2.18. The van der Waals surface area contributed by atoms with E-state index >= 15 is 0 Å². The van der Waals surface area contributed by atoms with Crippen molar-refractivity contribution in [2.24, 2.45) is 11.7 Å². The number of fused-ring (bicyclic) bond motifs is 1. The van der Waals surface area contributed by atoms with E-state index in [1.807, 2.05) is 24.3 Å². The second-order valence-corrected chi connectivity index (χ2v) is 8.19. The number of carboxylic acid groups (broad SMARTS) is 1. The van der Waals surface area contributed by atoms with Gasteiger partial charge < -0.3 is 10.8 Å². The lowest BCUT2D eigenvalue weighted by molar-refractivity contribution is -0.136. The molecule has 30 heavy (non-hydrogen) atoms. The molecule has 1 aromatic heterocycles. The molecule has 0 aliphatic carbocycles. The zero-order valence-corrected chi connectivity index (χ0v) is 18.0. The number of nitrogens with zero attached hydrogens (tertiary/aromatic N) is 1. The van der Waals surface area contributed by atoms with Crippen molar-refractivity contribution in [3.63, 3.8) is 0 Å². The van der Waals surface area contributed by atoms with E-state index < -0.39 is 5.97 Å². The maximum absolute atomic E-state index is 10.7. The molecule has 0 amide bonds. The summed E-state index contributed by atoms with van der Waals surface area (Å²) in [4.78, 5) is 15.7. The number of hydrogen-bond donors (Lipinski definition) is 2. The van der Waals surface area contributed by atoms with Gasteiger partial charge in [-0.15, -0.1) is 0 Å². The van der Waals surface area contributed by atoms with Gasteiger partial charge in [0, 0.05) is 24.0 Å². The molecule has 2 aromatic carbocycles. The average molecular weight is 403 g/mol. The third kappa shape index (κ3) is 5.14. The third-order valence-corrected chi connectivity index (χ3v) is 5.18. The Kier molecular flexibility index (Phi) is 7.01. The van der Waals surface area contributed by atoms with E-state index in [1.54, 1.807) is 0 Å². The highest BCUT2D eigenvalue weighted by molar-refractivity contribution is 5.97. The fourth-order valence-electron chi connectivity index (χ4n) is 3.73. The molecule has 0 aliphatic heterocycles. The quantitative estimate of drug-likeness (QED) is 0.503. The minimum atomic E-state index is -0.783. The molecule has 3 aromatic rings. The number of allylic oxidation sites excluding steroid dienone is 1. The lowest BCUT2D eigenvalue weighted by Gasteiger charge is -2.18. The molecule has 0 unspecified atom stereocenters. The van der Waals surface area contributed by atoms with Gasteiger partial charge in [-0.3, -0.25) is 9.78 Å². The first kappa shape index (κ1) is 21.7. The van der Waals surface area contributed by atoms with Gasteiger partial charge in [0.05, 0.1) is 5.52 Å². The van der Waals surface area contributed by atoms with Crippen LogP contribution in [0.1, 0.15) is 49.1 Å². The van der Waals surface area contributed by atoms with E-state index in [0.29, 0.717) is 18.9 Å². The summed E-state index contributed by atoms with van der Waals surface area (Å²) in [5.74, 6) is -0.295. The number of nitrogens with two attached hydrogens (primary N) is 1. The molecule has 0 saturated carbocycles. The smallest absolute Gasteiger partial charge is 0.303 e. The summed E-state index contributed by atoms with van der Waals surface area (Å²) in [6.07, 6.45) is 5.42. The largest absolute Gasteiger partial charge is 0.481 e. The molecule has 3 rings (SSSR count). The van der Waals surface area contributed by atoms with Crippen LogP contribution >= 0.6 is 0 Å². The van der Waals surface area contributed by atoms with Gasteiger partial charge in [-0.2, -0.15) is 0 Å². The van der Waals surface area contributed by atoms with Crippen LogP contribution in [0.4, 0.5) is 0 Å². The van der Waals surface area contributed by atoms with Crippen LogP contribution in [0.3, 0.4) is 0 Å². The van der Waals surface area contributed by atoms with Crippen LogP contribution in [0, 0.1) is 12.8 Å². The van der Waals surface area contributed by atoms with E-state index in [9.17, 15) is 4.79 Å². The number of aliphatic carboxylic acids is 1. The van der Waals surface area contributed by atoms with Crippen molar-refractivity contribution >= 4 is 22.9 Å². The molecule has 1 heterocycles. The lowest BCUT2D eigenvalue weighted by atomic mass is 9.90. The molecule has 0 fully saturated rings. The van der Waals surface area contributed by atoms with Crippen molar-refractivity contribution in [2.75, 3.05) is 0 Å². The van der Waals surface area contributed by atoms with Crippen LogP contribution in [0.2, 0.25) is 0 Å². The van der Waals surface area contributed by atoms with Crippen molar-refractivity contribution in [2.45, 2.75) is 46.6 Å². The second kappa shape index (κ2) is 9.68. The van der Waals surface area contributed by atoms with Crippen molar-refractivity contribution < 1.29 is 9.90 Å². The van der Waals surface area contributed by atoms with Crippen molar-refractivity contribution in [1.82, 2.24) is 4.98 Å². The normalized spacial score (nSPS) is 11.6. The predicted octanol–water partition coefficient (Wildman–Crippen LogP) is 5.75. The molecule has 0 bridgehead atoms. The lowest BCUT2D eigenvalue weighted by Crippen LogP contribution is -2.10. The van der Waals surface area contributed by atoms with Gasteiger partial charge in [0.1, 0.15) is 0 Å². The molecular weight excluding hydrogens is 372 g/mol. The van der Waals surface area contributed by atoms with E-state index in [1.165, 1.54) is 5.56 Å². The Morgan fingerprint density at radius 1 is 1.17 bits per heavy atom. The number of carboxylic acids is 1. The Bertz CT molecular complexity index is 1070. The summed E-state index contributed by atoms with van der Waals surface area (Å²) < 4.78 is 0. The molecule has 0 atom stereocenters. The molecule has 0 radical (unpaired) electrons. The van der Waals surface area contributed by atoms with E-state index in [-0.39, 0.29) is 6.42 Å². The number of hydrogen-bond acceptors (Lipinski definition) is 3. The SMILES string of the molecule is Cc1ccc(-c2c(CN)c(CC(C)C)nc3ccc(/C=C/CCC(=O)O)cc23)cc1. The minimum Gasteiger partial charge on any atom is -0.481 e. The number of carbonyl (C=O) groups is 1. The fraction of sp³-hybridized carbons (Fsp3) is 0.308. The maximum atomic E-state index is 10.7. The fourth-order valence-corrected chi connectivity index (χ4v) is 3.73. The molecule has 0 aliphatic rings. The van der Waals surface area contributed by atoms with Gasteiger partial charge in [-0.25, -0.2) is 0 Å². The third-order valence-electron chi connectivity index (χ3n) is 5.18. The monoisotopic (exact) mass is 402 g/mol. The van der Waals surface area contributed by atoms with E-state index in [0.717, 1.165) is 45.3 Å². The van der Waals surface area contributed by atoms with Gasteiger partial charge in [0.15, 0.2) is 0 Å². The van der Waals surface area contributed by atoms with Gasteiger partial charge in [0.25, 0.3) is 0 Å². The molecule has 4 heteroatoms. The highest BCUT2D eigenvalue weighted by Gasteiger charge is 2.17. The Hall–Kier alpha value is -2.98. The highest BCUT2D eigenvalue weighted by Crippen LogP contribution is 2.35. The first-order valence-corrected chi connectivity index (χ1v) is 10.5. The van der Waals surface area contributed by atoms with Crippen LogP contribution in [0.5, 0.6) is 0 Å². The summed E-state index contributed by atoms with van der Waals surface area (Å²) in [6.45, 7) is 6.92. The highest BCUT2D eigenvalue weighted by atomic mass is 16.4. The van der Waals surface area contributed by atoms with Crippen molar-refractivity contribution in [1.29, 1.82) is 0 Å². The molecule has 0 spiro atoms. The minimum absolute atomic E-state index is 0.135. The predicted molar refractivity (Wildman–Crippen MR) is 124 cm³/mol. The molecular formula is C26H30N2O2. The first-order chi connectivity index (χ1) is 14.4.